The van der Waals surface area contributed by atoms with Crippen LogP contribution in [0.5, 0.6) is 0 Å². The fraction of sp³-hybridized carbons (Fsp3) is 0.833. The van der Waals surface area contributed by atoms with E-state index in [1.54, 1.807) is 5.48 Å². The van der Waals surface area contributed by atoms with Crippen LogP contribution in [0.15, 0.2) is 0 Å². The van der Waals surface area contributed by atoms with E-state index in [1.807, 2.05) is 6.92 Å². The highest BCUT2D eigenvalue weighted by atomic mass is 32.1. The average molecular weight is 163 g/mol. The zero-order valence-electron chi connectivity index (χ0n) is 6.00. The molecule has 0 fully saturated rings. The molecule has 0 bridgehead atoms. The van der Waals surface area contributed by atoms with E-state index in [4.69, 9.17) is 5.21 Å². The quantitative estimate of drug-likeness (QED) is 0.329. The lowest BCUT2D eigenvalue weighted by atomic mass is 10.2. The third-order valence-corrected chi connectivity index (χ3v) is 1.74. The smallest absolute Gasteiger partial charge is 0.256 e. The number of nitrogens with one attached hydrogen (secondary N) is 1. The largest absolute Gasteiger partial charge is 0.289 e. The van der Waals surface area contributed by atoms with Crippen LogP contribution in [0.2, 0.25) is 0 Å². The molecule has 3 nitrogen and oxygen atoms in total. The summed E-state index contributed by atoms with van der Waals surface area (Å²) in [6.07, 6.45) is 2.71. The molecular weight excluding hydrogens is 150 g/mol. The second-order valence-corrected chi connectivity index (χ2v) is 2.76. The second-order valence-electron chi connectivity index (χ2n) is 2.13. The summed E-state index contributed by atoms with van der Waals surface area (Å²) in [7, 11) is 0. The molecule has 1 amide bonds. The first-order chi connectivity index (χ1) is 4.72. The summed E-state index contributed by atoms with van der Waals surface area (Å²) in [5, 5.41) is 7.79. The van der Waals surface area contributed by atoms with Crippen LogP contribution < -0.4 is 5.48 Å². The Kier molecular flexibility index (Phi) is 5.43. The predicted molar refractivity (Wildman–Crippen MR) is 42.2 cm³/mol. The van der Waals surface area contributed by atoms with Gasteiger partial charge in [-0.3, -0.25) is 10.0 Å². The minimum Gasteiger partial charge on any atom is -0.289 e. The highest BCUT2D eigenvalue weighted by Gasteiger charge is 2.10. The monoisotopic (exact) mass is 163 g/mol. The number of hydrogen-bond acceptors (Lipinski definition) is 3. The Morgan fingerprint density at radius 2 is 2.40 bits per heavy atom. The van der Waals surface area contributed by atoms with Crippen LogP contribution in [0.4, 0.5) is 0 Å². The summed E-state index contributed by atoms with van der Waals surface area (Å²) in [5.41, 5.74) is 1.56. The van der Waals surface area contributed by atoms with Crippen molar-refractivity contribution in [2.45, 2.75) is 31.4 Å². The summed E-state index contributed by atoms with van der Waals surface area (Å²) in [5.74, 6) is -0.420. The van der Waals surface area contributed by atoms with Gasteiger partial charge in [-0.05, 0) is 6.42 Å². The molecule has 0 radical (unpaired) electrons. The van der Waals surface area contributed by atoms with Crippen molar-refractivity contribution < 1.29 is 10.0 Å². The highest BCUT2D eigenvalue weighted by Crippen LogP contribution is 2.05. The molecule has 0 spiro atoms. The summed E-state index contributed by atoms with van der Waals surface area (Å²) in [6.45, 7) is 2.04. The third-order valence-electron chi connectivity index (χ3n) is 1.24. The summed E-state index contributed by atoms with van der Waals surface area (Å²) in [6, 6.07) is 0. The minimum absolute atomic E-state index is 0.370. The van der Waals surface area contributed by atoms with E-state index in [1.165, 1.54) is 0 Å². The fourth-order valence-electron chi connectivity index (χ4n) is 0.603. The maximum atomic E-state index is 10.6. The van der Waals surface area contributed by atoms with Crippen molar-refractivity contribution in [3.05, 3.63) is 0 Å². The first-order valence-electron chi connectivity index (χ1n) is 3.34. The Morgan fingerprint density at radius 1 is 1.80 bits per heavy atom. The number of hydroxylamine groups is 1. The Morgan fingerprint density at radius 3 is 2.80 bits per heavy atom. The molecule has 1 atom stereocenters. The molecule has 2 N–H and O–H groups in total. The van der Waals surface area contributed by atoms with Gasteiger partial charge in [-0.1, -0.05) is 19.8 Å². The minimum atomic E-state index is -0.420. The molecule has 0 saturated heterocycles. The van der Waals surface area contributed by atoms with Gasteiger partial charge in [-0.25, -0.2) is 5.48 Å². The van der Waals surface area contributed by atoms with Crippen molar-refractivity contribution >= 4 is 18.5 Å². The molecule has 10 heavy (non-hydrogen) atoms. The van der Waals surface area contributed by atoms with Gasteiger partial charge in [-0.2, -0.15) is 12.6 Å². The molecule has 0 saturated carbocycles. The van der Waals surface area contributed by atoms with Gasteiger partial charge in [0.25, 0.3) is 5.91 Å². The van der Waals surface area contributed by atoms with Gasteiger partial charge >= 0.3 is 0 Å². The van der Waals surface area contributed by atoms with Gasteiger partial charge in [-0.15, -0.1) is 0 Å². The van der Waals surface area contributed by atoms with E-state index in [-0.39, 0.29) is 5.25 Å². The number of rotatable bonds is 4. The zero-order chi connectivity index (χ0) is 7.98. The summed E-state index contributed by atoms with van der Waals surface area (Å²) in [4.78, 5) is 10.6. The Bertz CT molecular complexity index is 108. The van der Waals surface area contributed by atoms with E-state index in [9.17, 15) is 4.79 Å². The maximum Gasteiger partial charge on any atom is 0.256 e. The van der Waals surface area contributed by atoms with Crippen LogP contribution in [0.1, 0.15) is 26.2 Å². The van der Waals surface area contributed by atoms with Gasteiger partial charge in [0.15, 0.2) is 0 Å². The highest BCUT2D eigenvalue weighted by molar-refractivity contribution is 7.81. The Hall–Kier alpha value is -0.220. The van der Waals surface area contributed by atoms with Crippen LogP contribution in [-0.2, 0) is 4.79 Å². The average Bonchev–Trinajstić information content (AvgIpc) is 1.98. The number of hydrogen-bond donors (Lipinski definition) is 3. The van der Waals surface area contributed by atoms with Crippen molar-refractivity contribution in [3.63, 3.8) is 0 Å². The van der Waals surface area contributed by atoms with Gasteiger partial charge < -0.3 is 0 Å². The van der Waals surface area contributed by atoms with Crippen LogP contribution in [0, 0.1) is 0 Å². The van der Waals surface area contributed by atoms with Gasteiger partial charge in [0.2, 0.25) is 0 Å². The molecule has 0 aromatic carbocycles. The fourth-order valence-corrected chi connectivity index (χ4v) is 0.843. The second kappa shape index (κ2) is 5.56. The zero-order valence-corrected chi connectivity index (χ0v) is 6.90. The van der Waals surface area contributed by atoms with Crippen LogP contribution >= 0.6 is 12.6 Å². The first-order valence-corrected chi connectivity index (χ1v) is 3.86. The third kappa shape index (κ3) is 3.74. The standard InChI is InChI=1S/C6H13NO2S/c1-2-3-4-5(10)6(8)7-9/h5,9-10H,2-4H2,1H3,(H,7,8). The number of amides is 1. The van der Waals surface area contributed by atoms with Crippen LogP contribution in [0.25, 0.3) is 0 Å². The van der Waals surface area contributed by atoms with Gasteiger partial charge in [0, 0.05) is 0 Å². The van der Waals surface area contributed by atoms with E-state index >= 15 is 0 Å². The number of thiol groups is 1. The van der Waals surface area contributed by atoms with E-state index in [0.717, 1.165) is 12.8 Å². The molecule has 1 unspecified atom stereocenters. The maximum absolute atomic E-state index is 10.6. The SMILES string of the molecule is CCCCC(S)C(=O)NO. The lowest BCUT2D eigenvalue weighted by Crippen LogP contribution is -2.28. The number of carbonyl (C=O) groups is 1. The topological polar surface area (TPSA) is 49.3 Å². The molecule has 0 aromatic heterocycles. The normalized spacial score (nSPS) is 12.7. The van der Waals surface area contributed by atoms with Gasteiger partial charge in [0.05, 0.1) is 5.25 Å². The van der Waals surface area contributed by atoms with E-state index in [0.29, 0.717) is 6.42 Å². The van der Waals surface area contributed by atoms with Crippen molar-refractivity contribution in [1.82, 2.24) is 5.48 Å². The molecule has 0 aliphatic heterocycles. The van der Waals surface area contributed by atoms with Crippen LogP contribution in [-0.4, -0.2) is 16.4 Å². The predicted octanol–water partition coefficient (Wildman–Crippen LogP) is 0.980. The molecule has 0 aliphatic carbocycles. The lowest BCUT2D eigenvalue weighted by Gasteiger charge is -2.05. The molecular formula is C6H13NO2S. The van der Waals surface area contributed by atoms with Crippen molar-refractivity contribution in [2.24, 2.45) is 0 Å². The molecule has 60 valence electrons. The lowest BCUT2D eigenvalue weighted by molar-refractivity contribution is -0.128. The molecule has 0 aliphatic rings. The summed E-state index contributed by atoms with van der Waals surface area (Å²) >= 11 is 3.97. The van der Waals surface area contributed by atoms with Crippen LogP contribution in [0.3, 0.4) is 0 Å². The number of carbonyl (C=O) groups excluding carboxylic acids is 1. The Labute approximate surface area is 66.2 Å². The van der Waals surface area contributed by atoms with E-state index in [2.05, 4.69) is 12.6 Å². The van der Waals surface area contributed by atoms with Crippen molar-refractivity contribution in [2.75, 3.05) is 0 Å². The van der Waals surface area contributed by atoms with E-state index < -0.39 is 5.91 Å². The Balaban J connectivity index is 3.41. The molecule has 0 heterocycles. The molecule has 0 aromatic rings. The molecule has 4 heteroatoms. The summed E-state index contributed by atoms with van der Waals surface area (Å²) < 4.78 is 0. The molecule has 0 rings (SSSR count). The van der Waals surface area contributed by atoms with Gasteiger partial charge in [0.1, 0.15) is 0 Å². The van der Waals surface area contributed by atoms with Crippen molar-refractivity contribution in [1.29, 1.82) is 0 Å². The first kappa shape index (κ1) is 9.78. The number of unbranched alkanes of at least 4 members (excludes halogenated alkanes) is 1. The van der Waals surface area contributed by atoms with Crippen molar-refractivity contribution in [3.8, 4) is 0 Å².